The predicted octanol–water partition coefficient (Wildman–Crippen LogP) is -0.790. The molecule has 104 valence electrons. The first-order chi connectivity index (χ1) is 9.22. The summed E-state index contributed by atoms with van der Waals surface area (Å²) in [6, 6.07) is 17.6. The molecule has 0 amide bonds. The molecule has 0 aliphatic carbocycles. The summed E-state index contributed by atoms with van der Waals surface area (Å²) in [6.07, 6.45) is 2.29. The molecule has 0 saturated heterocycles. The molecule has 0 aromatic heterocycles. The van der Waals surface area contributed by atoms with E-state index in [2.05, 4.69) is 73.3 Å². The van der Waals surface area contributed by atoms with Crippen LogP contribution in [-0.4, -0.2) is 24.0 Å². The fourth-order valence-electron chi connectivity index (χ4n) is 2.48. The summed E-state index contributed by atoms with van der Waals surface area (Å²) in [5.74, 6) is 0. The number of aryl methyl sites for hydroxylation is 2. The Balaban J connectivity index is 0.00000147. The highest BCUT2D eigenvalue weighted by Gasteiger charge is 2.26. The minimum Gasteiger partial charge on any atom is -1.00 e. The molecule has 0 fully saturated rings. The van der Waals surface area contributed by atoms with E-state index in [0.717, 1.165) is 13.1 Å². The lowest BCUT2D eigenvalue weighted by molar-refractivity contribution is -0.717. The zero-order valence-electron chi connectivity index (χ0n) is 11.9. The molecule has 0 radical (unpaired) electrons. The highest BCUT2D eigenvalue weighted by molar-refractivity contribution is 5.49. The van der Waals surface area contributed by atoms with Crippen molar-refractivity contribution < 1.29 is 21.9 Å². The Hall–Kier alpha value is -1.64. The highest BCUT2D eigenvalue weighted by atomic mass is 35.5. The monoisotopic (exact) mass is 287 g/mol. The number of benzene rings is 2. The molecule has 0 bridgehead atoms. The predicted molar refractivity (Wildman–Crippen MR) is 78.7 cm³/mol. The molecule has 1 N–H and O–H groups in total. The molecule has 2 nitrogen and oxygen atoms in total. The Morgan fingerprint density at radius 3 is 2.00 bits per heavy atom. The molecule has 1 aliphatic rings. The van der Waals surface area contributed by atoms with Crippen LogP contribution in [0.3, 0.4) is 0 Å². The summed E-state index contributed by atoms with van der Waals surface area (Å²) in [4.78, 5) is 1.43. The maximum absolute atomic E-state index is 2.34. The van der Waals surface area contributed by atoms with Gasteiger partial charge in [-0.1, -0.05) is 35.4 Å². The summed E-state index contributed by atoms with van der Waals surface area (Å²) < 4.78 is 2.34. The SMILES string of the molecule is Cc1ccc([N+]2=C[NH+](c3ccc(C)cc3)CC2)cc1.[Cl-]. The fourth-order valence-corrected chi connectivity index (χ4v) is 2.48. The molecule has 20 heavy (non-hydrogen) atoms. The summed E-state index contributed by atoms with van der Waals surface area (Å²) in [7, 11) is 0. The van der Waals surface area contributed by atoms with E-state index in [1.165, 1.54) is 27.4 Å². The average molecular weight is 288 g/mol. The van der Waals surface area contributed by atoms with Gasteiger partial charge in [0.2, 0.25) is 12.2 Å². The third kappa shape index (κ3) is 3.09. The maximum atomic E-state index is 2.34. The molecule has 1 atom stereocenters. The number of quaternary nitrogens is 1. The van der Waals surface area contributed by atoms with Gasteiger partial charge in [-0.15, -0.1) is 4.58 Å². The van der Waals surface area contributed by atoms with Crippen molar-refractivity contribution in [2.75, 3.05) is 13.1 Å². The van der Waals surface area contributed by atoms with Crippen molar-refractivity contribution in [3.05, 3.63) is 59.7 Å². The van der Waals surface area contributed by atoms with E-state index in [1.54, 1.807) is 0 Å². The van der Waals surface area contributed by atoms with E-state index in [1.807, 2.05) is 0 Å². The standard InChI is InChI=1S/C17H19N2.ClH/c1-14-3-7-16(8-4-14)18-11-12-19(13-18)17-9-5-15(2)6-10-17;/h3-10,13H,11-12H2,1-2H3;1H/q+1;. The minimum absolute atomic E-state index is 0. The molecular formula is C17H20ClN2+. The Labute approximate surface area is 126 Å². The molecule has 3 rings (SSSR count). The van der Waals surface area contributed by atoms with Crippen LogP contribution in [0, 0.1) is 13.8 Å². The topological polar surface area (TPSA) is 7.45 Å². The number of halogens is 1. The van der Waals surface area contributed by atoms with Crippen molar-refractivity contribution in [1.82, 2.24) is 0 Å². The van der Waals surface area contributed by atoms with Crippen LogP contribution >= 0.6 is 0 Å². The van der Waals surface area contributed by atoms with Crippen molar-refractivity contribution in [1.29, 1.82) is 0 Å². The van der Waals surface area contributed by atoms with Crippen molar-refractivity contribution in [3.63, 3.8) is 0 Å². The van der Waals surface area contributed by atoms with E-state index in [0.29, 0.717) is 0 Å². The smallest absolute Gasteiger partial charge is 0.336 e. The number of nitrogens with one attached hydrogen (secondary N) is 1. The van der Waals surface area contributed by atoms with Crippen LogP contribution in [0.2, 0.25) is 0 Å². The van der Waals surface area contributed by atoms with Crippen molar-refractivity contribution >= 4 is 17.7 Å². The van der Waals surface area contributed by atoms with E-state index in [4.69, 9.17) is 0 Å². The number of hydrogen-bond acceptors (Lipinski definition) is 0. The van der Waals surface area contributed by atoms with Crippen molar-refractivity contribution in [2.45, 2.75) is 13.8 Å². The zero-order valence-corrected chi connectivity index (χ0v) is 12.7. The molecule has 1 aliphatic heterocycles. The minimum atomic E-state index is 0. The van der Waals surface area contributed by atoms with E-state index in [9.17, 15) is 0 Å². The summed E-state index contributed by atoms with van der Waals surface area (Å²) >= 11 is 0. The third-order valence-corrected chi connectivity index (χ3v) is 3.72. The van der Waals surface area contributed by atoms with Crippen LogP contribution in [0.5, 0.6) is 0 Å². The van der Waals surface area contributed by atoms with Crippen LogP contribution in [0.15, 0.2) is 48.5 Å². The highest BCUT2D eigenvalue weighted by Crippen LogP contribution is 2.13. The van der Waals surface area contributed by atoms with Crippen LogP contribution < -0.4 is 17.3 Å². The molecule has 1 heterocycles. The van der Waals surface area contributed by atoms with Gasteiger partial charge in [-0.05, 0) is 26.0 Å². The van der Waals surface area contributed by atoms with Crippen molar-refractivity contribution in [3.8, 4) is 0 Å². The molecule has 2 aromatic rings. The number of hydrogen-bond donors (Lipinski definition) is 1. The molecule has 3 heteroatoms. The van der Waals surface area contributed by atoms with Crippen LogP contribution in [0.1, 0.15) is 11.1 Å². The van der Waals surface area contributed by atoms with Gasteiger partial charge in [-0.25, -0.2) is 4.90 Å². The quantitative estimate of drug-likeness (QED) is 0.693. The van der Waals surface area contributed by atoms with Crippen molar-refractivity contribution in [2.24, 2.45) is 0 Å². The molecule has 2 aromatic carbocycles. The third-order valence-electron chi connectivity index (χ3n) is 3.72. The van der Waals surface area contributed by atoms with Gasteiger partial charge in [0.15, 0.2) is 6.54 Å². The average Bonchev–Trinajstić information content (AvgIpc) is 2.90. The first-order valence-electron chi connectivity index (χ1n) is 6.83. The second-order valence-electron chi connectivity index (χ2n) is 5.30. The van der Waals surface area contributed by atoms with Gasteiger partial charge >= 0.3 is 6.34 Å². The van der Waals surface area contributed by atoms with E-state index < -0.39 is 0 Å². The Bertz CT molecular complexity index is 600. The molecule has 1 unspecified atom stereocenters. The van der Waals surface area contributed by atoms with Crippen LogP contribution in [-0.2, 0) is 0 Å². The normalized spacial score (nSPS) is 17.5. The van der Waals surface area contributed by atoms with Gasteiger partial charge in [0, 0.05) is 12.1 Å². The lowest BCUT2D eigenvalue weighted by atomic mass is 10.2. The van der Waals surface area contributed by atoms with Gasteiger partial charge < -0.3 is 12.4 Å². The van der Waals surface area contributed by atoms with Gasteiger partial charge in [-0.3, -0.25) is 0 Å². The van der Waals surface area contributed by atoms with E-state index >= 15 is 0 Å². The molecule has 0 saturated carbocycles. The van der Waals surface area contributed by atoms with Gasteiger partial charge in [0.1, 0.15) is 5.69 Å². The number of nitrogens with zero attached hydrogens (tertiary/aromatic N) is 1. The van der Waals surface area contributed by atoms with E-state index in [-0.39, 0.29) is 12.4 Å². The largest absolute Gasteiger partial charge is 1.00 e. The molecular weight excluding hydrogens is 268 g/mol. The zero-order chi connectivity index (χ0) is 13.2. The van der Waals surface area contributed by atoms with Crippen LogP contribution in [0.4, 0.5) is 11.4 Å². The maximum Gasteiger partial charge on any atom is 0.336 e. The summed E-state index contributed by atoms with van der Waals surface area (Å²) in [5, 5.41) is 0. The van der Waals surface area contributed by atoms with Gasteiger partial charge in [-0.2, -0.15) is 0 Å². The first-order valence-corrected chi connectivity index (χ1v) is 6.83. The Morgan fingerprint density at radius 2 is 1.40 bits per heavy atom. The second-order valence-corrected chi connectivity index (χ2v) is 5.30. The summed E-state index contributed by atoms with van der Waals surface area (Å²) in [5.41, 5.74) is 5.26. The second kappa shape index (κ2) is 6.21. The van der Waals surface area contributed by atoms with Crippen LogP contribution in [0.25, 0.3) is 0 Å². The van der Waals surface area contributed by atoms with Gasteiger partial charge in [0.25, 0.3) is 0 Å². The lowest BCUT2D eigenvalue weighted by Gasteiger charge is -2.03. The summed E-state index contributed by atoms with van der Waals surface area (Å²) in [6.45, 7) is 6.45. The Morgan fingerprint density at radius 1 is 0.850 bits per heavy atom. The molecule has 0 spiro atoms. The number of rotatable bonds is 2. The fraction of sp³-hybridized carbons (Fsp3) is 0.235. The first kappa shape index (κ1) is 14.8. The Kier molecular flexibility index (Phi) is 4.58. The van der Waals surface area contributed by atoms with Gasteiger partial charge in [0.05, 0.1) is 0 Å². The lowest BCUT2D eigenvalue weighted by Crippen LogP contribution is -3.05.